The predicted octanol–water partition coefficient (Wildman–Crippen LogP) is 1.91. The number of ether oxygens (including phenoxy) is 1. The van der Waals surface area contributed by atoms with Crippen LogP contribution in [0.4, 0.5) is 20.3 Å². The number of fused-ring (bicyclic) bond motifs is 1. The summed E-state index contributed by atoms with van der Waals surface area (Å²) < 4.78 is 35.6. The van der Waals surface area contributed by atoms with Gasteiger partial charge in [-0.3, -0.25) is 14.0 Å². The Morgan fingerprint density at radius 3 is 2.56 bits per heavy atom. The zero-order chi connectivity index (χ0) is 31.1. The third kappa shape index (κ3) is 7.23. The van der Waals surface area contributed by atoms with Crippen LogP contribution in [0.1, 0.15) is 29.3 Å². The molecule has 0 saturated carbocycles. The molecule has 0 aliphatic carbocycles. The van der Waals surface area contributed by atoms with Crippen LogP contribution < -0.4 is 26.4 Å². The second-order valence-electron chi connectivity index (χ2n) is 9.67. The van der Waals surface area contributed by atoms with Gasteiger partial charge in [0.25, 0.3) is 5.91 Å². The number of hydrogen-bond donors (Lipinski definition) is 6. The molecule has 12 nitrogen and oxygen atoms in total. The van der Waals surface area contributed by atoms with E-state index in [-0.39, 0.29) is 37.4 Å². The number of nitrogens with one attached hydrogen (secondary N) is 3. The summed E-state index contributed by atoms with van der Waals surface area (Å²) in [5, 5.41) is 27.9. The number of nitrogens with zero attached hydrogens (tertiary/aromatic N) is 3. The highest BCUT2D eigenvalue weighted by atomic mass is 19.2. The molecular weight excluding hydrogens is 564 g/mol. The summed E-state index contributed by atoms with van der Waals surface area (Å²) in [7, 11) is 1.26. The molecule has 2 atom stereocenters. The van der Waals surface area contributed by atoms with Gasteiger partial charge in [0.1, 0.15) is 0 Å². The van der Waals surface area contributed by atoms with Gasteiger partial charge in [-0.15, -0.1) is 0 Å². The number of aryl methyl sites for hydroxylation is 1. The number of amides is 2. The third-order valence-corrected chi connectivity index (χ3v) is 6.69. The van der Waals surface area contributed by atoms with E-state index in [1.807, 2.05) is 6.92 Å². The fourth-order valence-corrected chi connectivity index (χ4v) is 4.40. The van der Waals surface area contributed by atoms with Crippen molar-refractivity contribution in [2.75, 3.05) is 32.1 Å². The Hall–Kier alpha value is -4.66. The number of anilines is 2. The molecule has 2 aromatic carbocycles. The molecule has 2 amide bonds. The molecule has 2 unspecified atom stereocenters. The smallest absolute Gasteiger partial charge is 0.251 e. The van der Waals surface area contributed by atoms with E-state index in [0.717, 1.165) is 0 Å². The third-order valence-electron chi connectivity index (χ3n) is 6.69. The van der Waals surface area contributed by atoms with E-state index < -0.39 is 35.7 Å². The normalized spacial score (nSPS) is 12.5. The van der Waals surface area contributed by atoms with Gasteiger partial charge >= 0.3 is 0 Å². The van der Waals surface area contributed by atoms with Crippen LogP contribution in [0.3, 0.4) is 0 Å². The monoisotopic (exact) mass is 597 g/mol. The summed E-state index contributed by atoms with van der Waals surface area (Å²) in [6.45, 7) is 1.63. The maximum absolute atomic E-state index is 14.8. The van der Waals surface area contributed by atoms with Gasteiger partial charge in [0.15, 0.2) is 23.0 Å². The molecule has 228 valence electrons. The van der Waals surface area contributed by atoms with Crippen molar-refractivity contribution in [2.45, 2.75) is 32.0 Å². The lowest BCUT2D eigenvalue weighted by atomic mass is 10.0. The number of methoxy groups -OCH3 is 1. The van der Waals surface area contributed by atoms with Crippen LogP contribution in [0.15, 0.2) is 48.9 Å². The minimum atomic E-state index is -1.10. The number of hydrogen-bond acceptors (Lipinski definition) is 9. The van der Waals surface area contributed by atoms with E-state index in [4.69, 9.17) is 10.5 Å². The van der Waals surface area contributed by atoms with Crippen LogP contribution in [0.2, 0.25) is 0 Å². The van der Waals surface area contributed by atoms with Crippen molar-refractivity contribution < 1.29 is 33.3 Å². The largest absolute Gasteiger partial charge is 0.494 e. The fourth-order valence-electron chi connectivity index (χ4n) is 4.40. The Bertz CT molecular complexity index is 1610. The highest BCUT2D eigenvalue weighted by molar-refractivity contribution is 5.96. The number of benzene rings is 2. The number of halogens is 2. The molecular formula is C29H33F2N7O5. The number of nitrogens with two attached hydrogens (primary N) is 1. The molecule has 0 spiro atoms. The second-order valence-corrected chi connectivity index (χ2v) is 9.67. The van der Waals surface area contributed by atoms with Gasteiger partial charge in [-0.1, -0.05) is 6.92 Å². The molecule has 0 fully saturated rings. The number of aromatic nitrogens is 3. The first kappa shape index (κ1) is 31.3. The lowest BCUT2D eigenvalue weighted by Gasteiger charge is -2.16. The van der Waals surface area contributed by atoms with E-state index >= 15 is 0 Å². The van der Waals surface area contributed by atoms with Crippen LogP contribution in [-0.4, -0.2) is 75.3 Å². The lowest BCUT2D eigenvalue weighted by molar-refractivity contribution is -0.123. The Morgan fingerprint density at radius 1 is 1.07 bits per heavy atom. The number of carbonyl (C=O) groups is 2. The lowest BCUT2D eigenvalue weighted by Crippen LogP contribution is -2.41. The molecule has 0 saturated heterocycles. The molecule has 2 aromatic heterocycles. The molecule has 7 N–H and O–H groups in total. The van der Waals surface area contributed by atoms with Gasteiger partial charge in [0.05, 0.1) is 37.6 Å². The first-order valence-corrected chi connectivity index (χ1v) is 13.5. The average Bonchev–Trinajstić information content (AvgIpc) is 3.44. The molecule has 4 aromatic rings. The van der Waals surface area contributed by atoms with E-state index in [1.54, 1.807) is 28.8 Å². The van der Waals surface area contributed by atoms with Crippen molar-refractivity contribution in [2.24, 2.45) is 5.73 Å². The topological polar surface area (TPSA) is 176 Å². The molecule has 0 bridgehead atoms. The number of aliphatic hydroxyl groups is 2. The number of carbonyl (C=O) groups excluding carboxylic acids is 2. The molecule has 4 rings (SSSR count). The molecule has 2 heterocycles. The number of imidazole rings is 1. The van der Waals surface area contributed by atoms with Gasteiger partial charge in [-0.05, 0) is 42.3 Å². The summed E-state index contributed by atoms with van der Waals surface area (Å²) in [5.41, 5.74) is 7.70. The van der Waals surface area contributed by atoms with Gasteiger partial charge < -0.3 is 36.6 Å². The summed E-state index contributed by atoms with van der Waals surface area (Å²) in [5.74, 6) is -2.88. The molecule has 0 radical (unpaired) electrons. The molecule has 0 aliphatic heterocycles. The van der Waals surface area contributed by atoms with Crippen LogP contribution in [0.5, 0.6) is 5.75 Å². The predicted molar refractivity (Wildman–Crippen MR) is 155 cm³/mol. The maximum Gasteiger partial charge on any atom is 0.251 e. The zero-order valence-electron chi connectivity index (χ0n) is 23.6. The zero-order valence-corrected chi connectivity index (χ0v) is 23.6. The Labute approximate surface area is 245 Å². The maximum atomic E-state index is 14.8. The van der Waals surface area contributed by atoms with Gasteiger partial charge in [-0.2, -0.15) is 4.39 Å². The molecule has 43 heavy (non-hydrogen) atoms. The van der Waals surface area contributed by atoms with Gasteiger partial charge in [-0.25, -0.2) is 14.4 Å². The van der Waals surface area contributed by atoms with Crippen molar-refractivity contribution in [3.63, 3.8) is 0 Å². The minimum Gasteiger partial charge on any atom is -0.494 e. The Morgan fingerprint density at radius 2 is 1.84 bits per heavy atom. The van der Waals surface area contributed by atoms with E-state index in [9.17, 15) is 28.6 Å². The molecule has 0 aliphatic rings. The quantitative estimate of drug-likeness (QED) is 0.134. The first-order chi connectivity index (χ1) is 20.7. The standard InChI is InChI=1S/C29H33F2N7O5/c1-3-16-10-17(4-5-20(16)29(42)36-14-19(40)13-34-24(41)11-18(39)12-32)37-27-28-35-15-22(38(28)9-8-33-27)21-6-7-23(43-2)26(31)25(21)30/h4-10,15,18-19,39-40H,3,11-14,32H2,1-2H3,(H,33,37)(H,34,41)(H,36,42). The summed E-state index contributed by atoms with van der Waals surface area (Å²) in [6.07, 6.45) is 2.84. The van der Waals surface area contributed by atoms with Crippen LogP contribution in [0.25, 0.3) is 16.9 Å². The van der Waals surface area contributed by atoms with Crippen LogP contribution >= 0.6 is 0 Å². The van der Waals surface area contributed by atoms with Crippen molar-refractivity contribution in [1.29, 1.82) is 0 Å². The average molecular weight is 598 g/mol. The van der Waals surface area contributed by atoms with E-state index in [2.05, 4.69) is 25.9 Å². The Kier molecular flexibility index (Phi) is 10.2. The van der Waals surface area contributed by atoms with E-state index in [0.29, 0.717) is 40.4 Å². The summed E-state index contributed by atoms with van der Waals surface area (Å²) in [6, 6.07) is 7.84. The SMILES string of the molecule is CCc1cc(Nc2nccn3c(-c4ccc(OC)c(F)c4F)cnc23)ccc1C(=O)NCC(O)CNC(=O)CC(O)CN. The summed E-state index contributed by atoms with van der Waals surface area (Å²) >= 11 is 0. The minimum absolute atomic E-state index is 0.00415. The van der Waals surface area contributed by atoms with Crippen LogP contribution in [-0.2, 0) is 11.2 Å². The number of aliphatic hydroxyl groups excluding tert-OH is 2. The van der Waals surface area contributed by atoms with Crippen molar-refractivity contribution in [3.8, 4) is 17.0 Å². The van der Waals surface area contributed by atoms with Crippen molar-refractivity contribution in [1.82, 2.24) is 25.0 Å². The van der Waals surface area contributed by atoms with Gasteiger partial charge in [0, 0.05) is 48.8 Å². The van der Waals surface area contributed by atoms with Crippen LogP contribution in [0, 0.1) is 11.6 Å². The Balaban J connectivity index is 1.45. The highest BCUT2D eigenvalue weighted by Gasteiger charge is 2.20. The van der Waals surface area contributed by atoms with Crippen molar-refractivity contribution >= 4 is 29.0 Å². The first-order valence-electron chi connectivity index (χ1n) is 13.5. The molecule has 14 heteroatoms. The highest BCUT2D eigenvalue weighted by Crippen LogP contribution is 2.31. The van der Waals surface area contributed by atoms with Gasteiger partial charge in [0.2, 0.25) is 11.7 Å². The summed E-state index contributed by atoms with van der Waals surface area (Å²) in [4.78, 5) is 33.3. The second kappa shape index (κ2) is 14.0. The fraction of sp³-hybridized carbons (Fsp3) is 0.310. The van der Waals surface area contributed by atoms with E-state index in [1.165, 1.54) is 31.6 Å². The number of rotatable bonds is 13. The van der Waals surface area contributed by atoms with Crippen molar-refractivity contribution in [3.05, 3.63) is 71.7 Å².